The lowest BCUT2D eigenvalue weighted by molar-refractivity contribution is -0.137. The van der Waals surface area contributed by atoms with E-state index in [1.54, 1.807) is 0 Å². The van der Waals surface area contributed by atoms with Gasteiger partial charge in [0.25, 0.3) is 0 Å². The van der Waals surface area contributed by atoms with Gasteiger partial charge in [0.1, 0.15) is 0 Å². The van der Waals surface area contributed by atoms with Gasteiger partial charge in [0.05, 0.1) is 13.2 Å². The van der Waals surface area contributed by atoms with E-state index in [-0.39, 0.29) is 5.92 Å². The number of fused-ring (bicyclic) bond motifs is 1. The normalized spacial score (nSPS) is 27.9. The highest BCUT2D eigenvalue weighted by atomic mass is 16.5. The van der Waals surface area contributed by atoms with Crippen molar-refractivity contribution in [2.45, 2.75) is 31.6 Å². The van der Waals surface area contributed by atoms with Gasteiger partial charge in [0.15, 0.2) is 0 Å². The largest absolute Gasteiger partial charge is 0.381 e. The summed E-state index contributed by atoms with van der Waals surface area (Å²) in [4.78, 5) is 17.6. The summed E-state index contributed by atoms with van der Waals surface area (Å²) in [7, 11) is 0. The number of hydrogen-bond acceptors (Lipinski definition) is 4. The highest BCUT2D eigenvalue weighted by Crippen LogP contribution is 2.44. The Balaban J connectivity index is 1.17. The van der Waals surface area contributed by atoms with Crippen molar-refractivity contribution in [1.82, 2.24) is 9.80 Å². The first-order valence-electron chi connectivity index (χ1n) is 11.7. The number of nitrogens with zero attached hydrogens (tertiary/aromatic N) is 2. The first-order chi connectivity index (χ1) is 14.8. The van der Waals surface area contributed by atoms with Crippen LogP contribution in [0, 0.1) is 11.8 Å². The first kappa shape index (κ1) is 20.2. The van der Waals surface area contributed by atoms with E-state index in [4.69, 9.17) is 9.47 Å². The summed E-state index contributed by atoms with van der Waals surface area (Å²) < 4.78 is 10.9. The smallest absolute Gasteiger partial charge is 0.226 e. The molecule has 2 unspecified atom stereocenters. The van der Waals surface area contributed by atoms with Crippen LogP contribution >= 0.6 is 0 Å². The number of carbonyl (C=O) groups excluding carboxylic acids is 1. The fraction of sp³-hybridized carbons (Fsp3) is 0.640. The molecule has 0 radical (unpaired) electrons. The number of ether oxygens (including phenoxy) is 2. The second kappa shape index (κ2) is 9.21. The van der Waals surface area contributed by atoms with Crippen LogP contribution in [0.1, 0.15) is 36.3 Å². The van der Waals surface area contributed by atoms with Crippen LogP contribution in [0.4, 0.5) is 0 Å². The van der Waals surface area contributed by atoms with E-state index in [9.17, 15) is 4.79 Å². The van der Waals surface area contributed by atoms with E-state index in [1.807, 2.05) is 0 Å². The second-order valence-corrected chi connectivity index (χ2v) is 9.28. The number of likely N-dealkylation sites (tertiary alicyclic amines) is 1. The van der Waals surface area contributed by atoms with Crippen molar-refractivity contribution in [3.63, 3.8) is 0 Å². The van der Waals surface area contributed by atoms with E-state index in [0.717, 1.165) is 84.8 Å². The molecular weight excluding hydrogens is 376 g/mol. The van der Waals surface area contributed by atoms with Crippen LogP contribution < -0.4 is 0 Å². The molecule has 3 heterocycles. The summed E-state index contributed by atoms with van der Waals surface area (Å²) in [5, 5.41) is 0. The van der Waals surface area contributed by atoms with Gasteiger partial charge in [-0.3, -0.25) is 9.69 Å². The maximum Gasteiger partial charge on any atom is 0.226 e. The third-order valence-electron chi connectivity index (χ3n) is 7.50. The van der Waals surface area contributed by atoms with Crippen LogP contribution in [-0.4, -0.2) is 74.9 Å². The van der Waals surface area contributed by atoms with Crippen LogP contribution in [0.3, 0.4) is 0 Å². The zero-order valence-corrected chi connectivity index (χ0v) is 17.9. The number of amides is 1. The maximum absolute atomic E-state index is 13.0. The predicted octanol–water partition coefficient (Wildman–Crippen LogP) is 2.86. The summed E-state index contributed by atoms with van der Waals surface area (Å²) in [5.41, 5.74) is 4.33. The topological polar surface area (TPSA) is 42.0 Å². The summed E-state index contributed by atoms with van der Waals surface area (Å²) >= 11 is 0. The molecular formula is C25H34N2O3. The molecule has 2 atom stereocenters. The minimum Gasteiger partial charge on any atom is -0.381 e. The molecule has 5 nitrogen and oxygen atoms in total. The summed E-state index contributed by atoms with van der Waals surface area (Å²) in [5.74, 6) is 1.56. The quantitative estimate of drug-likeness (QED) is 0.700. The molecule has 0 spiro atoms. The Bertz CT molecular complexity index is 763. The van der Waals surface area contributed by atoms with Gasteiger partial charge in [0.2, 0.25) is 5.91 Å². The lowest BCUT2D eigenvalue weighted by Gasteiger charge is -2.27. The molecule has 3 fully saturated rings. The second-order valence-electron chi connectivity index (χ2n) is 9.28. The Morgan fingerprint density at radius 3 is 2.47 bits per heavy atom. The highest BCUT2D eigenvalue weighted by molar-refractivity contribution is 5.80. The van der Waals surface area contributed by atoms with Crippen molar-refractivity contribution in [3.8, 4) is 0 Å². The van der Waals surface area contributed by atoms with Gasteiger partial charge in [-0.2, -0.15) is 0 Å². The van der Waals surface area contributed by atoms with Crippen LogP contribution in [0.15, 0.2) is 35.9 Å². The van der Waals surface area contributed by atoms with Crippen LogP contribution in [0.25, 0.3) is 0 Å². The molecule has 0 aromatic heterocycles. The summed E-state index contributed by atoms with van der Waals surface area (Å²) in [6, 6.07) is 9.29. The lowest BCUT2D eigenvalue weighted by atomic mass is 9.86. The van der Waals surface area contributed by atoms with Crippen LogP contribution in [0.2, 0.25) is 0 Å². The zero-order valence-electron chi connectivity index (χ0n) is 17.9. The maximum atomic E-state index is 13.0. The lowest BCUT2D eigenvalue weighted by Crippen LogP contribution is -2.37. The van der Waals surface area contributed by atoms with Gasteiger partial charge in [-0.05, 0) is 48.3 Å². The molecule has 0 bridgehead atoms. The van der Waals surface area contributed by atoms with Gasteiger partial charge in [-0.15, -0.1) is 0 Å². The van der Waals surface area contributed by atoms with E-state index < -0.39 is 0 Å². The van der Waals surface area contributed by atoms with Crippen molar-refractivity contribution in [3.05, 3.63) is 47.0 Å². The average Bonchev–Trinajstić information content (AvgIpc) is 3.40. The number of benzene rings is 1. The molecule has 4 aliphatic rings. The Morgan fingerprint density at radius 2 is 1.70 bits per heavy atom. The molecule has 0 saturated carbocycles. The predicted molar refractivity (Wildman–Crippen MR) is 116 cm³/mol. The number of morpholine rings is 1. The molecule has 3 saturated heterocycles. The third-order valence-corrected chi connectivity index (χ3v) is 7.50. The standard InChI is InChI=1S/C25H34N2O3/c28-25(21-8-13-29-14-9-21)27-17-22-5-6-23(24(22)18-27)20-3-1-19(2-4-20)7-10-26-11-15-30-16-12-26/h1-5,21,23-24H,6-18H2. The molecule has 1 aromatic rings. The van der Waals surface area contributed by atoms with Crippen molar-refractivity contribution < 1.29 is 14.3 Å². The molecule has 5 heteroatoms. The first-order valence-corrected chi connectivity index (χ1v) is 11.7. The fourth-order valence-corrected chi connectivity index (χ4v) is 5.58. The molecule has 0 N–H and O–H groups in total. The molecule has 1 amide bonds. The van der Waals surface area contributed by atoms with Crippen LogP contribution in [-0.2, 0) is 20.7 Å². The molecule has 1 aromatic carbocycles. The Kier molecular flexibility index (Phi) is 6.21. The molecule has 3 aliphatic heterocycles. The van der Waals surface area contributed by atoms with E-state index in [0.29, 0.717) is 17.7 Å². The molecule has 162 valence electrons. The number of allylic oxidation sites excluding steroid dienone is 1. The van der Waals surface area contributed by atoms with E-state index in [2.05, 4.69) is 40.1 Å². The minimum atomic E-state index is 0.169. The minimum absolute atomic E-state index is 0.169. The molecule has 1 aliphatic carbocycles. The van der Waals surface area contributed by atoms with Crippen molar-refractivity contribution in [2.24, 2.45) is 11.8 Å². The van der Waals surface area contributed by atoms with Gasteiger partial charge in [-0.1, -0.05) is 30.3 Å². The number of hydrogen-bond donors (Lipinski definition) is 0. The Labute approximate surface area is 180 Å². The van der Waals surface area contributed by atoms with Crippen molar-refractivity contribution in [1.29, 1.82) is 0 Å². The van der Waals surface area contributed by atoms with Crippen molar-refractivity contribution in [2.75, 3.05) is 59.2 Å². The Morgan fingerprint density at radius 1 is 0.967 bits per heavy atom. The zero-order chi connectivity index (χ0) is 20.3. The van der Waals surface area contributed by atoms with Gasteiger partial charge in [-0.25, -0.2) is 0 Å². The Hall–Kier alpha value is -1.69. The van der Waals surface area contributed by atoms with Crippen molar-refractivity contribution >= 4 is 5.91 Å². The van der Waals surface area contributed by atoms with E-state index >= 15 is 0 Å². The SMILES string of the molecule is O=C(C1CCOCC1)N1CC2=CCC(c3ccc(CCN4CCOCC4)cc3)C2C1. The van der Waals surface area contributed by atoms with Crippen LogP contribution in [0.5, 0.6) is 0 Å². The summed E-state index contributed by atoms with van der Waals surface area (Å²) in [6.45, 7) is 8.16. The molecule has 5 rings (SSSR count). The monoisotopic (exact) mass is 410 g/mol. The summed E-state index contributed by atoms with van der Waals surface area (Å²) in [6.07, 6.45) is 6.39. The fourth-order valence-electron chi connectivity index (χ4n) is 5.58. The van der Waals surface area contributed by atoms with Gasteiger partial charge >= 0.3 is 0 Å². The highest BCUT2D eigenvalue weighted by Gasteiger charge is 2.40. The number of rotatable bonds is 5. The number of carbonyl (C=O) groups is 1. The third kappa shape index (κ3) is 4.34. The molecule has 30 heavy (non-hydrogen) atoms. The van der Waals surface area contributed by atoms with Gasteiger partial charge in [0, 0.05) is 57.8 Å². The average molecular weight is 411 g/mol. The van der Waals surface area contributed by atoms with Gasteiger partial charge < -0.3 is 14.4 Å². The van der Waals surface area contributed by atoms with E-state index in [1.165, 1.54) is 16.7 Å².